The van der Waals surface area contributed by atoms with E-state index < -0.39 is 0 Å². The largest absolute Gasteiger partial charge is 0.325 e. The minimum absolute atomic E-state index is 0.0432. The maximum atomic E-state index is 12.5. The topological polar surface area (TPSA) is 65.5 Å². The number of benzene rings is 2. The van der Waals surface area contributed by atoms with Crippen LogP contribution in [0.25, 0.3) is 10.2 Å². The van der Waals surface area contributed by atoms with Gasteiger partial charge in [-0.05, 0) is 56.8 Å². The highest BCUT2D eigenvalue weighted by molar-refractivity contribution is 7.18. The Labute approximate surface area is 174 Å². The highest BCUT2D eigenvalue weighted by Crippen LogP contribution is 2.29. The average molecular weight is 409 g/mol. The Kier molecular flexibility index (Phi) is 5.60. The smallest absolute Gasteiger partial charge is 0.238 e. The van der Waals surface area contributed by atoms with E-state index in [9.17, 15) is 9.59 Å². The lowest BCUT2D eigenvalue weighted by Gasteiger charge is -2.22. The number of aromatic nitrogens is 1. The predicted octanol–water partition coefficient (Wildman–Crippen LogP) is 4.05. The van der Waals surface area contributed by atoms with Crippen LogP contribution in [0.15, 0.2) is 48.5 Å². The molecule has 6 nitrogen and oxygen atoms in total. The summed E-state index contributed by atoms with van der Waals surface area (Å²) in [6.07, 6.45) is 1.51. The summed E-state index contributed by atoms with van der Waals surface area (Å²) in [6.45, 7) is 3.09. The van der Waals surface area contributed by atoms with Gasteiger partial charge in [-0.2, -0.15) is 0 Å². The molecule has 1 N–H and O–H groups in total. The number of anilines is 2. The fourth-order valence-electron chi connectivity index (χ4n) is 3.47. The Hall–Kier alpha value is -2.77. The molecular formula is C22H24N4O2S. The van der Waals surface area contributed by atoms with E-state index in [0.717, 1.165) is 39.6 Å². The lowest BCUT2D eigenvalue weighted by atomic mass is 10.2. The van der Waals surface area contributed by atoms with Crippen LogP contribution in [0.4, 0.5) is 11.4 Å². The number of likely N-dealkylation sites (N-methyl/N-ethyl adjacent to an activating group) is 1. The molecule has 1 aliphatic heterocycles. The highest BCUT2D eigenvalue weighted by Gasteiger charge is 2.22. The van der Waals surface area contributed by atoms with Gasteiger partial charge in [0.15, 0.2) is 0 Å². The van der Waals surface area contributed by atoms with Crippen molar-refractivity contribution in [3.63, 3.8) is 0 Å². The van der Waals surface area contributed by atoms with Crippen molar-refractivity contribution in [3.8, 4) is 0 Å². The minimum atomic E-state index is -0.0783. The van der Waals surface area contributed by atoms with E-state index in [1.807, 2.05) is 54.4 Å². The van der Waals surface area contributed by atoms with Gasteiger partial charge in [-0.1, -0.05) is 12.1 Å². The summed E-state index contributed by atoms with van der Waals surface area (Å²) in [4.78, 5) is 32.8. The summed E-state index contributed by atoms with van der Waals surface area (Å²) in [5.74, 6) is 0.0812. The van der Waals surface area contributed by atoms with Crippen molar-refractivity contribution in [1.29, 1.82) is 0 Å². The zero-order valence-corrected chi connectivity index (χ0v) is 17.4. The molecule has 2 heterocycles. The summed E-state index contributed by atoms with van der Waals surface area (Å²) in [5, 5.41) is 3.93. The van der Waals surface area contributed by atoms with Gasteiger partial charge in [-0.15, -0.1) is 11.3 Å². The molecule has 0 spiro atoms. The fourth-order valence-corrected chi connectivity index (χ4v) is 4.55. The number of hydrogen-bond acceptors (Lipinski definition) is 5. The van der Waals surface area contributed by atoms with Crippen molar-refractivity contribution in [3.05, 3.63) is 53.5 Å². The lowest BCUT2D eigenvalue weighted by Crippen LogP contribution is -2.32. The number of nitrogens with one attached hydrogen (secondary N) is 1. The number of rotatable bonds is 6. The molecule has 0 saturated carbocycles. The molecule has 0 aliphatic carbocycles. The van der Waals surface area contributed by atoms with Crippen LogP contribution in [0.2, 0.25) is 0 Å². The summed E-state index contributed by atoms with van der Waals surface area (Å²) < 4.78 is 1.16. The van der Waals surface area contributed by atoms with Crippen molar-refractivity contribution >= 4 is 44.7 Å². The number of nitrogens with zero attached hydrogens (tertiary/aromatic N) is 3. The zero-order chi connectivity index (χ0) is 20.4. The van der Waals surface area contributed by atoms with Crippen molar-refractivity contribution < 1.29 is 9.59 Å². The van der Waals surface area contributed by atoms with Crippen LogP contribution in [0.5, 0.6) is 0 Å². The molecule has 0 unspecified atom stereocenters. The number of hydrogen-bond donors (Lipinski definition) is 1. The van der Waals surface area contributed by atoms with E-state index in [-0.39, 0.29) is 24.4 Å². The van der Waals surface area contributed by atoms with Gasteiger partial charge in [0, 0.05) is 24.3 Å². The third-order valence-corrected chi connectivity index (χ3v) is 6.46. The number of thiazole rings is 1. The quantitative estimate of drug-likeness (QED) is 0.668. The maximum absolute atomic E-state index is 12.5. The van der Waals surface area contributed by atoms with Crippen LogP contribution in [-0.4, -0.2) is 41.8 Å². The number of carbonyl (C=O) groups excluding carboxylic acids is 2. The van der Waals surface area contributed by atoms with Crippen LogP contribution < -0.4 is 10.2 Å². The first kappa shape index (κ1) is 19.5. The Morgan fingerprint density at radius 1 is 1.24 bits per heavy atom. The van der Waals surface area contributed by atoms with Crippen molar-refractivity contribution in [2.75, 3.05) is 30.4 Å². The van der Waals surface area contributed by atoms with Crippen molar-refractivity contribution in [2.24, 2.45) is 0 Å². The third kappa shape index (κ3) is 4.31. The van der Waals surface area contributed by atoms with E-state index in [2.05, 4.69) is 18.3 Å². The summed E-state index contributed by atoms with van der Waals surface area (Å²) in [5.41, 5.74) is 2.60. The monoisotopic (exact) mass is 408 g/mol. The molecule has 4 rings (SSSR count). The summed E-state index contributed by atoms with van der Waals surface area (Å²) in [7, 11) is 1.93. The standard InChI is InChI=1S/C22H24N4O2S/c1-15(22-24-18-6-3-4-7-19(18)29-22)25(2)14-20(27)23-16-9-11-17(12-10-16)26-13-5-8-21(26)28/h3-4,6-7,9-12,15H,5,8,13-14H2,1-2H3,(H,23,27)/t15-/m1/s1. The Bertz CT molecular complexity index is 998. The predicted molar refractivity (Wildman–Crippen MR) is 117 cm³/mol. The Morgan fingerprint density at radius 3 is 2.69 bits per heavy atom. The molecule has 2 aromatic carbocycles. The maximum Gasteiger partial charge on any atom is 0.238 e. The zero-order valence-electron chi connectivity index (χ0n) is 16.6. The molecule has 1 aromatic heterocycles. The molecule has 150 valence electrons. The molecule has 1 saturated heterocycles. The van der Waals surface area contributed by atoms with E-state index in [1.165, 1.54) is 0 Å². The molecule has 1 fully saturated rings. The van der Waals surface area contributed by atoms with Gasteiger partial charge in [-0.25, -0.2) is 4.98 Å². The van der Waals surface area contributed by atoms with Gasteiger partial charge in [0.1, 0.15) is 5.01 Å². The molecule has 1 aliphatic rings. The van der Waals surface area contributed by atoms with Crippen LogP contribution in [0, 0.1) is 0 Å². The van der Waals surface area contributed by atoms with Crippen LogP contribution in [0.3, 0.4) is 0 Å². The van der Waals surface area contributed by atoms with Crippen LogP contribution in [0.1, 0.15) is 30.8 Å². The second-order valence-corrected chi connectivity index (χ2v) is 8.42. The number of fused-ring (bicyclic) bond motifs is 1. The first-order valence-electron chi connectivity index (χ1n) is 9.77. The first-order valence-corrected chi connectivity index (χ1v) is 10.6. The number of para-hydroxylation sites is 1. The molecular weight excluding hydrogens is 384 g/mol. The summed E-state index contributed by atoms with van der Waals surface area (Å²) in [6, 6.07) is 15.6. The number of carbonyl (C=O) groups is 2. The van der Waals surface area contributed by atoms with E-state index in [0.29, 0.717) is 6.42 Å². The molecule has 0 bridgehead atoms. The SMILES string of the molecule is C[C@H](c1nc2ccccc2s1)N(C)CC(=O)Nc1ccc(N2CCCC2=O)cc1. The number of amides is 2. The second-order valence-electron chi connectivity index (χ2n) is 7.35. The van der Waals surface area contributed by atoms with E-state index in [4.69, 9.17) is 4.98 Å². The second kappa shape index (κ2) is 8.31. The van der Waals surface area contributed by atoms with Crippen molar-refractivity contribution in [2.45, 2.75) is 25.8 Å². The van der Waals surface area contributed by atoms with Gasteiger partial charge in [0.25, 0.3) is 0 Å². The van der Waals surface area contributed by atoms with Gasteiger partial charge >= 0.3 is 0 Å². The van der Waals surface area contributed by atoms with Gasteiger partial charge in [0.05, 0.1) is 22.8 Å². The lowest BCUT2D eigenvalue weighted by molar-refractivity contribution is -0.118. The molecule has 3 aromatic rings. The Balaban J connectivity index is 1.35. The van der Waals surface area contributed by atoms with Gasteiger partial charge in [-0.3, -0.25) is 14.5 Å². The molecule has 29 heavy (non-hydrogen) atoms. The molecule has 7 heteroatoms. The highest BCUT2D eigenvalue weighted by atomic mass is 32.1. The van der Waals surface area contributed by atoms with Gasteiger partial charge in [0.2, 0.25) is 11.8 Å². The molecule has 0 radical (unpaired) electrons. The normalized spacial score (nSPS) is 15.3. The fraction of sp³-hybridized carbons (Fsp3) is 0.318. The average Bonchev–Trinajstić information content (AvgIpc) is 3.34. The van der Waals surface area contributed by atoms with Crippen LogP contribution in [-0.2, 0) is 9.59 Å². The first-order chi connectivity index (χ1) is 14.0. The Morgan fingerprint density at radius 2 is 2.00 bits per heavy atom. The van der Waals surface area contributed by atoms with E-state index >= 15 is 0 Å². The minimum Gasteiger partial charge on any atom is -0.325 e. The van der Waals surface area contributed by atoms with Crippen LogP contribution >= 0.6 is 11.3 Å². The van der Waals surface area contributed by atoms with E-state index in [1.54, 1.807) is 16.2 Å². The molecule has 2 amide bonds. The summed E-state index contributed by atoms with van der Waals surface area (Å²) >= 11 is 1.66. The van der Waals surface area contributed by atoms with Crippen molar-refractivity contribution in [1.82, 2.24) is 9.88 Å². The van der Waals surface area contributed by atoms with Gasteiger partial charge < -0.3 is 10.2 Å². The third-order valence-electron chi connectivity index (χ3n) is 5.26. The molecule has 1 atom stereocenters.